The summed E-state index contributed by atoms with van der Waals surface area (Å²) in [4.78, 5) is 14.0. The third-order valence-electron chi connectivity index (χ3n) is 4.27. The maximum atomic E-state index is 12.4. The first kappa shape index (κ1) is 15.9. The van der Waals surface area contributed by atoms with Crippen LogP contribution < -0.4 is 4.90 Å². The maximum Gasteiger partial charge on any atom is 0.414 e. The van der Waals surface area contributed by atoms with Crippen molar-refractivity contribution >= 4 is 34.2 Å². The van der Waals surface area contributed by atoms with E-state index < -0.39 is 0 Å². The lowest BCUT2D eigenvalue weighted by molar-refractivity contribution is 0.152. The number of fused-ring (bicyclic) bond motifs is 3. The number of ether oxygens (including phenoxy) is 1. The molecule has 23 heavy (non-hydrogen) atoms. The van der Waals surface area contributed by atoms with E-state index in [1.165, 1.54) is 0 Å². The minimum Gasteiger partial charge on any atom is -0.507 e. The van der Waals surface area contributed by atoms with Crippen molar-refractivity contribution in [3.05, 3.63) is 35.9 Å². The van der Waals surface area contributed by atoms with Crippen molar-refractivity contribution in [2.45, 2.75) is 25.7 Å². The molecule has 122 valence electrons. The van der Waals surface area contributed by atoms with Gasteiger partial charge in [0.15, 0.2) is 0 Å². The molecule has 2 aromatic carbocycles. The van der Waals surface area contributed by atoms with Gasteiger partial charge < -0.3 is 9.84 Å². The third-order valence-corrected chi connectivity index (χ3v) is 4.65. The Bertz CT molecular complexity index is 732. The van der Waals surface area contributed by atoms with Gasteiger partial charge in [-0.3, -0.25) is 4.90 Å². The topological polar surface area (TPSA) is 49.8 Å². The molecule has 0 fully saturated rings. The fourth-order valence-corrected chi connectivity index (χ4v) is 3.36. The Morgan fingerprint density at radius 2 is 2.13 bits per heavy atom. The van der Waals surface area contributed by atoms with E-state index in [1.54, 1.807) is 11.0 Å². The summed E-state index contributed by atoms with van der Waals surface area (Å²) in [5, 5.41) is 12.0. The van der Waals surface area contributed by atoms with E-state index in [4.69, 9.17) is 16.3 Å². The van der Waals surface area contributed by atoms with Crippen LogP contribution in [0.15, 0.2) is 30.3 Å². The van der Waals surface area contributed by atoms with Crippen LogP contribution >= 0.6 is 11.6 Å². The Morgan fingerprint density at radius 3 is 2.83 bits per heavy atom. The molecule has 1 heterocycles. The number of rotatable bonds is 4. The number of carbonyl (C=O) groups excluding carboxylic acids is 1. The highest BCUT2D eigenvalue weighted by Gasteiger charge is 2.35. The van der Waals surface area contributed by atoms with Crippen molar-refractivity contribution < 1.29 is 14.6 Å². The van der Waals surface area contributed by atoms with Crippen molar-refractivity contribution in [3.8, 4) is 5.75 Å². The summed E-state index contributed by atoms with van der Waals surface area (Å²) in [7, 11) is 0. The standard InChI is InChI=1S/C18H20ClNO3/c1-2-3-8-23-18(22)20-11-12(10-19)17-14-7-5-4-6-13(14)16(21)9-15(17)20/h4-7,9,12,21H,2-3,8,10-11H2,1H3. The molecule has 5 heteroatoms. The lowest BCUT2D eigenvalue weighted by Crippen LogP contribution is -2.31. The molecule has 0 radical (unpaired) electrons. The molecule has 1 atom stereocenters. The van der Waals surface area contributed by atoms with Gasteiger partial charge in [0.1, 0.15) is 5.75 Å². The smallest absolute Gasteiger partial charge is 0.414 e. The first-order valence-electron chi connectivity index (χ1n) is 7.92. The Hall–Kier alpha value is -1.94. The molecule has 0 aliphatic carbocycles. The van der Waals surface area contributed by atoms with E-state index >= 15 is 0 Å². The second-order valence-corrected chi connectivity index (χ2v) is 6.11. The van der Waals surface area contributed by atoms with E-state index in [-0.39, 0.29) is 17.8 Å². The normalized spacial score (nSPS) is 16.6. The van der Waals surface area contributed by atoms with Crippen molar-refractivity contribution in [3.63, 3.8) is 0 Å². The summed E-state index contributed by atoms with van der Waals surface area (Å²) in [6, 6.07) is 9.29. The van der Waals surface area contributed by atoms with Gasteiger partial charge in [0.05, 0.1) is 12.3 Å². The van der Waals surface area contributed by atoms with Crippen molar-refractivity contribution in [2.24, 2.45) is 0 Å². The van der Waals surface area contributed by atoms with Gasteiger partial charge in [-0.2, -0.15) is 0 Å². The number of hydrogen-bond acceptors (Lipinski definition) is 3. The van der Waals surface area contributed by atoms with Crippen LogP contribution in [0.2, 0.25) is 0 Å². The van der Waals surface area contributed by atoms with E-state index in [0.29, 0.717) is 24.7 Å². The van der Waals surface area contributed by atoms with Crippen LogP contribution in [-0.4, -0.2) is 30.2 Å². The number of halogens is 1. The molecule has 4 nitrogen and oxygen atoms in total. The lowest BCUT2D eigenvalue weighted by atomic mass is 9.95. The fourth-order valence-electron chi connectivity index (χ4n) is 3.11. The van der Waals surface area contributed by atoms with E-state index in [0.717, 1.165) is 29.2 Å². The Labute approximate surface area is 140 Å². The van der Waals surface area contributed by atoms with E-state index in [9.17, 15) is 9.90 Å². The zero-order valence-electron chi connectivity index (χ0n) is 13.1. The van der Waals surface area contributed by atoms with Gasteiger partial charge in [-0.1, -0.05) is 37.6 Å². The summed E-state index contributed by atoms with van der Waals surface area (Å²) in [6.45, 7) is 2.94. The maximum absolute atomic E-state index is 12.4. The van der Waals surface area contributed by atoms with Crippen LogP contribution in [0.5, 0.6) is 5.75 Å². The summed E-state index contributed by atoms with van der Waals surface area (Å²) in [5.41, 5.74) is 1.72. The lowest BCUT2D eigenvalue weighted by Gasteiger charge is -2.18. The molecule has 0 saturated heterocycles. The highest BCUT2D eigenvalue weighted by atomic mass is 35.5. The monoisotopic (exact) mass is 333 g/mol. The number of unbranched alkanes of at least 4 members (excludes halogenated alkanes) is 1. The van der Waals surface area contributed by atoms with Crippen LogP contribution in [0.25, 0.3) is 10.8 Å². The van der Waals surface area contributed by atoms with Gasteiger partial charge in [0.2, 0.25) is 0 Å². The first-order chi connectivity index (χ1) is 11.2. The number of benzene rings is 2. The number of anilines is 1. The molecule has 0 spiro atoms. The molecule has 1 unspecified atom stereocenters. The van der Waals surface area contributed by atoms with Crippen LogP contribution in [-0.2, 0) is 4.74 Å². The molecule has 0 aromatic heterocycles. The molecule has 1 aliphatic rings. The van der Waals surface area contributed by atoms with Crippen LogP contribution in [0, 0.1) is 0 Å². The molecule has 0 saturated carbocycles. The third kappa shape index (κ3) is 2.83. The zero-order chi connectivity index (χ0) is 16.4. The van der Waals surface area contributed by atoms with Crippen molar-refractivity contribution in [1.29, 1.82) is 0 Å². The Kier molecular flexibility index (Phi) is 4.62. The van der Waals surface area contributed by atoms with Gasteiger partial charge in [-0.25, -0.2) is 4.79 Å². The number of aromatic hydroxyl groups is 1. The number of phenols is 1. The van der Waals surface area contributed by atoms with Crippen molar-refractivity contribution in [2.75, 3.05) is 23.9 Å². The Balaban J connectivity index is 2.02. The average molecular weight is 334 g/mol. The van der Waals surface area contributed by atoms with Gasteiger partial charge in [-0.15, -0.1) is 11.6 Å². The Morgan fingerprint density at radius 1 is 1.39 bits per heavy atom. The van der Waals surface area contributed by atoms with Crippen LogP contribution in [0.1, 0.15) is 31.2 Å². The van der Waals surface area contributed by atoms with Gasteiger partial charge in [-0.05, 0) is 17.4 Å². The number of nitrogens with zero attached hydrogens (tertiary/aromatic N) is 1. The summed E-state index contributed by atoms with van der Waals surface area (Å²) >= 11 is 6.13. The molecule has 1 N–H and O–H groups in total. The quantitative estimate of drug-likeness (QED) is 0.655. The van der Waals surface area contributed by atoms with Gasteiger partial charge in [0, 0.05) is 29.8 Å². The molecule has 1 amide bonds. The van der Waals surface area contributed by atoms with Crippen LogP contribution in [0.3, 0.4) is 0 Å². The fraction of sp³-hybridized carbons (Fsp3) is 0.389. The first-order valence-corrected chi connectivity index (χ1v) is 8.45. The second kappa shape index (κ2) is 6.67. The molecular weight excluding hydrogens is 314 g/mol. The average Bonchev–Trinajstić information content (AvgIpc) is 2.94. The number of carbonyl (C=O) groups is 1. The molecular formula is C18H20ClNO3. The predicted octanol–water partition coefficient (Wildman–Crippen LogP) is 4.62. The minimum atomic E-state index is -0.373. The van der Waals surface area contributed by atoms with E-state index in [1.807, 2.05) is 31.2 Å². The summed E-state index contributed by atoms with van der Waals surface area (Å²) < 4.78 is 5.33. The minimum absolute atomic E-state index is 0.0379. The molecule has 0 bridgehead atoms. The number of hydrogen-bond donors (Lipinski definition) is 1. The zero-order valence-corrected chi connectivity index (χ0v) is 13.8. The molecule has 2 aromatic rings. The summed E-state index contributed by atoms with van der Waals surface area (Å²) in [5.74, 6) is 0.623. The van der Waals surface area contributed by atoms with Gasteiger partial charge >= 0.3 is 6.09 Å². The van der Waals surface area contributed by atoms with Crippen LogP contribution in [0.4, 0.5) is 10.5 Å². The number of amides is 1. The number of alkyl halides is 1. The number of phenolic OH excluding ortho intramolecular Hbond substituents is 1. The highest BCUT2D eigenvalue weighted by molar-refractivity contribution is 6.19. The molecule has 1 aliphatic heterocycles. The highest BCUT2D eigenvalue weighted by Crippen LogP contribution is 2.45. The predicted molar refractivity (Wildman–Crippen MR) is 92.7 cm³/mol. The van der Waals surface area contributed by atoms with E-state index in [2.05, 4.69) is 0 Å². The molecule has 3 rings (SSSR count). The van der Waals surface area contributed by atoms with Crippen molar-refractivity contribution in [1.82, 2.24) is 0 Å². The second-order valence-electron chi connectivity index (χ2n) is 5.80. The summed E-state index contributed by atoms with van der Waals surface area (Å²) in [6.07, 6.45) is 1.44. The van der Waals surface area contributed by atoms with Gasteiger partial charge in [0.25, 0.3) is 0 Å². The largest absolute Gasteiger partial charge is 0.507 e. The SMILES string of the molecule is CCCCOC(=O)N1CC(CCl)c2c1cc(O)c1ccccc21.